The summed E-state index contributed by atoms with van der Waals surface area (Å²) in [6, 6.07) is 9.13. The molecule has 0 amide bonds. The van der Waals surface area contributed by atoms with Gasteiger partial charge in [-0.15, -0.1) is 0 Å². The maximum absolute atomic E-state index is 12.5. The fourth-order valence-corrected chi connectivity index (χ4v) is 11.5. The number of aryl methyl sites for hydroxylation is 1. The zero-order valence-corrected chi connectivity index (χ0v) is 22.7. The van der Waals surface area contributed by atoms with Crippen molar-refractivity contribution in [1.29, 1.82) is 0 Å². The van der Waals surface area contributed by atoms with Gasteiger partial charge in [0.1, 0.15) is 0 Å². The summed E-state index contributed by atoms with van der Waals surface area (Å²) >= 11 is 0. The summed E-state index contributed by atoms with van der Waals surface area (Å²) in [7, 11) is 0. The lowest BCUT2D eigenvalue weighted by Crippen LogP contribution is -2.61. The highest BCUT2D eigenvalue weighted by atomic mass is 16.4. The highest BCUT2D eigenvalue weighted by molar-refractivity contribution is 5.76. The van der Waals surface area contributed by atoms with Gasteiger partial charge in [0, 0.05) is 0 Å². The van der Waals surface area contributed by atoms with Gasteiger partial charge in [-0.05, 0) is 122 Å². The van der Waals surface area contributed by atoms with Crippen LogP contribution in [0.4, 0.5) is 0 Å². The van der Waals surface area contributed by atoms with Crippen LogP contribution in [0.25, 0.3) is 5.57 Å². The van der Waals surface area contributed by atoms with Crippen molar-refractivity contribution in [2.75, 3.05) is 0 Å². The first-order chi connectivity index (χ1) is 16.5. The number of carboxylic acids is 1. The Hall–Kier alpha value is -1.57. The zero-order valence-electron chi connectivity index (χ0n) is 22.7. The summed E-state index contributed by atoms with van der Waals surface area (Å²) in [6.45, 7) is 12.6. The standard InChI is InChI=1S/C33H46O2/c1-21-8-6-9-22(20-21)24-13-17-32(5)27(30(24,2)3)15-18-31(4)25-14-19-33(29(34)35)16-7-10-26(33)23(25)11-12-28(31)32/h6,8-9,13,20,23,25-28H,7,10-12,14-19H2,1-5H3,(H,34,35)/t23-,25?,26?,27?,28?,31-,32-,33-/m0/s1. The Bertz CT molecular complexity index is 1070. The monoisotopic (exact) mass is 474 g/mol. The molecule has 1 aromatic carbocycles. The lowest BCUT2D eigenvalue weighted by Gasteiger charge is -2.68. The lowest BCUT2D eigenvalue weighted by atomic mass is 9.36. The Kier molecular flexibility index (Phi) is 5.25. The summed E-state index contributed by atoms with van der Waals surface area (Å²) in [5.41, 5.74) is 4.82. The van der Waals surface area contributed by atoms with Crippen molar-refractivity contribution in [2.24, 2.45) is 51.2 Å². The molecule has 0 bridgehead atoms. The quantitative estimate of drug-likeness (QED) is 0.466. The van der Waals surface area contributed by atoms with Crippen molar-refractivity contribution in [3.8, 4) is 0 Å². The van der Waals surface area contributed by atoms with Gasteiger partial charge in [0.05, 0.1) is 5.41 Å². The van der Waals surface area contributed by atoms with Crippen LogP contribution in [0.1, 0.15) is 103 Å². The number of allylic oxidation sites excluding steroid dienone is 2. The molecule has 0 saturated heterocycles. The molecular weight excluding hydrogens is 428 g/mol. The molecule has 35 heavy (non-hydrogen) atoms. The van der Waals surface area contributed by atoms with E-state index in [-0.39, 0.29) is 5.41 Å². The van der Waals surface area contributed by atoms with Crippen molar-refractivity contribution >= 4 is 11.5 Å². The second kappa shape index (κ2) is 7.72. The molecule has 1 aromatic rings. The summed E-state index contributed by atoms with van der Waals surface area (Å²) in [5.74, 6) is 2.77. The number of benzene rings is 1. The second-order valence-electron chi connectivity index (χ2n) is 14.4. The third-order valence-corrected chi connectivity index (χ3v) is 12.8. The van der Waals surface area contributed by atoms with Crippen LogP contribution < -0.4 is 0 Å². The average molecular weight is 475 g/mol. The smallest absolute Gasteiger partial charge is 0.309 e. The van der Waals surface area contributed by atoms with Gasteiger partial charge in [-0.25, -0.2) is 0 Å². The van der Waals surface area contributed by atoms with Gasteiger partial charge in [-0.2, -0.15) is 0 Å². The van der Waals surface area contributed by atoms with Crippen LogP contribution in [0.5, 0.6) is 0 Å². The van der Waals surface area contributed by atoms with E-state index in [1.54, 1.807) is 5.57 Å². The fraction of sp³-hybridized carbons (Fsp3) is 0.727. The van der Waals surface area contributed by atoms with E-state index in [1.807, 2.05) is 0 Å². The molecule has 0 radical (unpaired) electrons. The number of carbonyl (C=O) groups is 1. The molecule has 0 heterocycles. The minimum absolute atomic E-state index is 0.176. The number of hydrogen-bond donors (Lipinski definition) is 1. The molecule has 0 aromatic heterocycles. The van der Waals surface area contributed by atoms with Gasteiger partial charge in [0.2, 0.25) is 0 Å². The van der Waals surface area contributed by atoms with Crippen molar-refractivity contribution in [3.63, 3.8) is 0 Å². The topological polar surface area (TPSA) is 37.3 Å². The molecule has 4 unspecified atom stereocenters. The van der Waals surface area contributed by atoms with Crippen LogP contribution >= 0.6 is 0 Å². The summed E-state index contributed by atoms with van der Waals surface area (Å²) in [6.07, 6.45) is 14.3. The molecule has 2 nitrogen and oxygen atoms in total. The van der Waals surface area contributed by atoms with Crippen molar-refractivity contribution in [3.05, 3.63) is 41.5 Å². The number of carboxylic acid groups (broad SMARTS) is 1. The number of aliphatic carboxylic acids is 1. The molecule has 8 atom stereocenters. The molecule has 190 valence electrons. The molecule has 6 rings (SSSR count). The zero-order chi connectivity index (χ0) is 24.8. The first kappa shape index (κ1) is 23.8. The summed E-state index contributed by atoms with van der Waals surface area (Å²) in [4.78, 5) is 12.5. The Morgan fingerprint density at radius 2 is 1.69 bits per heavy atom. The van der Waals surface area contributed by atoms with Crippen molar-refractivity contribution < 1.29 is 9.90 Å². The fourth-order valence-electron chi connectivity index (χ4n) is 11.5. The SMILES string of the molecule is Cc1cccc(C2=CC[C@@]3(C)C(CC[C@@]4(C)C5CC[C@@]6(C(=O)O)CCCC6[C@H]5CCC43)C2(C)C)c1. The summed E-state index contributed by atoms with van der Waals surface area (Å²) in [5, 5.41) is 10.3. The van der Waals surface area contributed by atoms with E-state index >= 15 is 0 Å². The highest BCUT2D eigenvalue weighted by Gasteiger charge is 2.66. The minimum atomic E-state index is -0.482. The Balaban J connectivity index is 1.34. The second-order valence-corrected chi connectivity index (χ2v) is 14.4. The largest absolute Gasteiger partial charge is 0.481 e. The van der Waals surface area contributed by atoms with Crippen LogP contribution in [-0.4, -0.2) is 11.1 Å². The van der Waals surface area contributed by atoms with E-state index in [2.05, 4.69) is 65.0 Å². The Labute approximate surface area is 213 Å². The van der Waals surface area contributed by atoms with E-state index < -0.39 is 11.4 Å². The Morgan fingerprint density at radius 1 is 0.886 bits per heavy atom. The summed E-state index contributed by atoms with van der Waals surface area (Å²) < 4.78 is 0. The minimum Gasteiger partial charge on any atom is -0.481 e. The maximum Gasteiger partial charge on any atom is 0.309 e. The predicted octanol–water partition coefficient (Wildman–Crippen LogP) is 8.54. The van der Waals surface area contributed by atoms with Gasteiger partial charge in [-0.3, -0.25) is 4.79 Å². The average Bonchev–Trinajstić information content (AvgIpc) is 3.24. The van der Waals surface area contributed by atoms with E-state index in [0.29, 0.717) is 28.6 Å². The molecule has 5 aliphatic carbocycles. The van der Waals surface area contributed by atoms with Crippen LogP contribution in [0, 0.1) is 58.2 Å². The van der Waals surface area contributed by atoms with Gasteiger partial charge < -0.3 is 5.11 Å². The number of rotatable bonds is 2. The molecule has 5 aliphatic rings. The predicted molar refractivity (Wildman–Crippen MR) is 143 cm³/mol. The normalized spacial score (nSPS) is 46.0. The first-order valence-electron chi connectivity index (χ1n) is 14.6. The molecular formula is C33H46O2. The third kappa shape index (κ3) is 3.10. The van der Waals surface area contributed by atoms with Crippen LogP contribution in [0.2, 0.25) is 0 Å². The molecule has 4 saturated carbocycles. The van der Waals surface area contributed by atoms with E-state index in [4.69, 9.17) is 0 Å². The molecule has 0 aliphatic heterocycles. The van der Waals surface area contributed by atoms with E-state index in [0.717, 1.165) is 43.9 Å². The van der Waals surface area contributed by atoms with Gasteiger partial charge in [0.25, 0.3) is 0 Å². The van der Waals surface area contributed by atoms with E-state index in [9.17, 15) is 9.90 Å². The third-order valence-electron chi connectivity index (χ3n) is 12.8. The molecule has 2 heteroatoms. The first-order valence-corrected chi connectivity index (χ1v) is 14.6. The van der Waals surface area contributed by atoms with Crippen LogP contribution in [0.15, 0.2) is 30.3 Å². The van der Waals surface area contributed by atoms with E-state index in [1.165, 1.54) is 43.2 Å². The molecule has 1 N–H and O–H groups in total. The Morgan fingerprint density at radius 3 is 2.43 bits per heavy atom. The molecule has 4 fully saturated rings. The molecule has 0 spiro atoms. The maximum atomic E-state index is 12.5. The van der Waals surface area contributed by atoms with Crippen molar-refractivity contribution in [2.45, 2.75) is 98.8 Å². The van der Waals surface area contributed by atoms with Gasteiger partial charge in [-0.1, -0.05) is 70.0 Å². The van der Waals surface area contributed by atoms with Crippen molar-refractivity contribution in [1.82, 2.24) is 0 Å². The highest BCUT2D eigenvalue weighted by Crippen LogP contribution is 2.73. The number of fused-ring (bicyclic) bond motifs is 7. The van der Waals surface area contributed by atoms with Crippen LogP contribution in [-0.2, 0) is 4.79 Å². The van der Waals surface area contributed by atoms with Crippen LogP contribution in [0.3, 0.4) is 0 Å². The van der Waals surface area contributed by atoms with Gasteiger partial charge in [0.15, 0.2) is 0 Å². The number of hydrogen-bond acceptors (Lipinski definition) is 1. The lowest BCUT2D eigenvalue weighted by molar-refractivity contribution is -0.187. The van der Waals surface area contributed by atoms with Gasteiger partial charge >= 0.3 is 5.97 Å².